The number of halogens is 1. The molecule has 8 heteroatoms. The van der Waals surface area contributed by atoms with E-state index in [-0.39, 0.29) is 4.90 Å². The Balaban J connectivity index is 2.26. The van der Waals surface area contributed by atoms with Crippen LogP contribution in [-0.2, 0) is 20.9 Å². The Morgan fingerprint density at radius 2 is 1.82 bits per heavy atom. The van der Waals surface area contributed by atoms with Crippen LogP contribution in [0, 0.1) is 22.9 Å². The summed E-state index contributed by atoms with van der Waals surface area (Å²) in [6.45, 7) is 1.04. The van der Waals surface area contributed by atoms with Crippen molar-refractivity contribution in [3.63, 3.8) is 0 Å². The van der Waals surface area contributed by atoms with Crippen LogP contribution >= 0.6 is 0 Å². The minimum Gasteiger partial charge on any atom is -0.261 e. The summed E-state index contributed by atoms with van der Waals surface area (Å²) in [7, 11) is -4.12. The fourth-order valence-corrected chi connectivity index (χ4v) is 2.65. The van der Waals surface area contributed by atoms with Crippen molar-refractivity contribution in [1.29, 1.82) is 0 Å². The van der Waals surface area contributed by atoms with Gasteiger partial charge in [0, 0.05) is 6.07 Å². The van der Waals surface area contributed by atoms with Crippen LogP contribution in [0.15, 0.2) is 47.4 Å². The zero-order valence-corrected chi connectivity index (χ0v) is 12.3. The third kappa shape index (κ3) is 3.46. The van der Waals surface area contributed by atoms with Gasteiger partial charge in [0.25, 0.3) is 15.8 Å². The maximum Gasteiger partial charge on any atom is 0.297 e. The van der Waals surface area contributed by atoms with E-state index in [1.165, 1.54) is 18.2 Å². The van der Waals surface area contributed by atoms with Gasteiger partial charge in [-0.2, -0.15) is 8.42 Å². The quantitative estimate of drug-likeness (QED) is 0.479. The lowest BCUT2D eigenvalue weighted by Crippen LogP contribution is -2.09. The number of nitro groups is 1. The van der Waals surface area contributed by atoms with E-state index in [2.05, 4.69) is 0 Å². The average Bonchev–Trinajstić information content (AvgIpc) is 2.46. The minimum absolute atomic E-state index is 0.0999. The van der Waals surface area contributed by atoms with Crippen molar-refractivity contribution in [1.82, 2.24) is 0 Å². The fourth-order valence-electron chi connectivity index (χ4n) is 1.77. The first-order chi connectivity index (χ1) is 10.3. The lowest BCUT2D eigenvalue weighted by Gasteiger charge is -2.07. The first-order valence-corrected chi connectivity index (χ1v) is 7.60. The van der Waals surface area contributed by atoms with Crippen LogP contribution in [0.2, 0.25) is 0 Å². The maximum atomic E-state index is 13.7. The normalized spacial score (nSPS) is 11.4. The molecule has 0 amide bonds. The molecule has 0 aliphatic carbocycles. The molecule has 0 atom stereocenters. The molecule has 0 unspecified atom stereocenters. The second kappa shape index (κ2) is 6.20. The van der Waals surface area contributed by atoms with E-state index in [9.17, 15) is 22.9 Å². The Bertz CT molecular complexity index is 802. The highest BCUT2D eigenvalue weighted by molar-refractivity contribution is 7.86. The maximum absolute atomic E-state index is 13.7. The van der Waals surface area contributed by atoms with Crippen molar-refractivity contribution >= 4 is 15.8 Å². The topological polar surface area (TPSA) is 86.5 Å². The molecule has 0 aliphatic rings. The number of rotatable bonds is 5. The highest BCUT2D eigenvalue weighted by Crippen LogP contribution is 2.24. The number of hydrogen-bond donors (Lipinski definition) is 0. The molecule has 6 nitrogen and oxygen atoms in total. The van der Waals surface area contributed by atoms with Crippen LogP contribution in [0.1, 0.15) is 11.1 Å². The molecule has 2 aromatic rings. The lowest BCUT2D eigenvalue weighted by atomic mass is 10.2. The standard InChI is InChI=1S/C14H12FNO5S/c1-10-5-7-11(8-6-10)22(19,20)21-9-12-13(15)3-2-4-14(12)16(17)18/h2-8H,9H2,1H3. The molecule has 0 spiro atoms. The van der Waals surface area contributed by atoms with E-state index in [1.807, 2.05) is 0 Å². The van der Waals surface area contributed by atoms with Crippen molar-refractivity contribution in [3.8, 4) is 0 Å². The Hall–Kier alpha value is -2.32. The molecule has 2 rings (SSSR count). The second-order valence-corrected chi connectivity index (χ2v) is 6.14. The van der Waals surface area contributed by atoms with E-state index in [1.54, 1.807) is 19.1 Å². The largest absolute Gasteiger partial charge is 0.297 e. The van der Waals surface area contributed by atoms with Gasteiger partial charge in [-0.05, 0) is 25.1 Å². The predicted molar refractivity (Wildman–Crippen MR) is 76.2 cm³/mol. The molecule has 0 bridgehead atoms. The molecule has 0 N–H and O–H groups in total. The molecule has 0 saturated heterocycles. The molecule has 0 aromatic heterocycles. The van der Waals surface area contributed by atoms with Gasteiger partial charge in [0.2, 0.25) is 0 Å². The minimum atomic E-state index is -4.12. The SMILES string of the molecule is Cc1ccc(S(=O)(=O)OCc2c(F)cccc2[N+](=O)[O-])cc1. The van der Waals surface area contributed by atoms with E-state index < -0.39 is 38.7 Å². The average molecular weight is 325 g/mol. The van der Waals surface area contributed by atoms with E-state index >= 15 is 0 Å². The highest BCUT2D eigenvalue weighted by atomic mass is 32.2. The van der Waals surface area contributed by atoms with E-state index in [0.717, 1.165) is 17.7 Å². The summed E-state index contributed by atoms with van der Waals surface area (Å²) in [5.74, 6) is -0.895. The van der Waals surface area contributed by atoms with E-state index in [0.29, 0.717) is 0 Å². The lowest BCUT2D eigenvalue weighted by molar-refractivity contribution is -0.386. The molecule has 22 heavy (non-hydrogen) atoms. The van der Waals surface area contributed by atoms with Crippen LogP contribution in [0.25, 0.3) is 0 Å². The summed E-state index contributed by atoms with van der Waals surface area (Å²) in [5, 5.41) is 10.8. The Morgan fingerprint density at radius 3 is 2.41 bits per heavy atom. The number of nitro benzene ring substituents is 1. The summed E-state index contributed by atoms with van der Waals surface area (Å²) in [6, 6.07) is 9.13. The Kier molecular flexibility index (Phi) is 4.53. The number of nitrogens with zero attached hydrogens (tertiary/aromatic N) is 1. The van der Waals surface area contributed by atoms with Crippen LogP contribution in [-0.4, -0.2) is 13.3 Å². The molecule has 0 radical (unpaired) electrons. The highest BCUT2D eigenvalue weighted by Gasteiger charge is 2.22. The van der Waals surface area contributed by atoms with Crippen molar-refractivity contribution < 1.29 is 21.9 Å². The van der Waals surface area contributed by atoms with Gasteiger partial charge in [-0.1, -0.05) is 23.8 Å². The number of hydrogen-bond acceptors (Lipinski definition) is 5. The van der Waals surface area contributed by atoms with Gasteiger partial charge in [0.15, 0.2) is 0 Å². The van der Waals surface area contributed by atoms with Crippen molar-refractivity contribution in [3.05, 3.63) is 69.5 Å². The van der Waals surface area contributed by atoms with Gasteiger partial charge in [0.05, 0.1) is 15.4 Å². The second-order valence-electron chi connectivity index (χ2n) is 4.52. The van der Waals surface area contributed by atoms with Gasteiger partial charge in [-0.25, -0.2) is 4.39 Å². The first kappa shape index (κ1) is 16.1. The van der Waals surface area contributed by atoms with Crippen LogP contribution in [0.4, 0.5) is 10.1 Å². The third-order valence-corrected chi connectivity index (χ3v) is 4.24. The zero-order valence-electron chi connectivity index (χ0n) is 11.5. The van der Waals surface area contributed by atoms with E-state index in [4.69, 9.17) is 4.18 Å². The predicted octanol–water partition coefficient (Wildman–Crippen LogP) is 2.95. The van der Waals surface area contributed by atoms with Gasteiger partial charge in [0.1, 0.15) is 12.4 Å². The number of benzene rings is 2. The van der Waals surface area contributed by atoms with Gasteiger partial charge >= 0.3 is 0 Å². The molecule has 2 aromatic carbocycles. The molecule has 0 heterocycles. The van der Waals surface area contributed by atoms with Crippen molar-refractivity contribution in [2.24, 2.45) is 0 Å². The molecular weight excluding hydrogens is 313 g/mol. The fraction of sp³-hybridized carbons (Fsp3) is 0.143. The summed E-state index contributed by atoms with van der Waals surface area (Å²) in [4.78, 5) is 9.95. The summed E-state index contributed by atoms with van der Waals surface area (Å²) in [5.41, 5.74) is -0.0778. The van der Waals surface area contributed by atoms with Gasteiger partial charge < -0.3 is 0 Å². The monoisotopic (exact) mass is 325 g/mol. The molecule has 0 saturated carbocycles. The first-order valence-electron chi connectivity index (χ1n) is 6.19. The Labute approximate surface area is 126 Å². The van der Waals surface area contributed by atoms with Crippen LogP contribution < -0.4 is 0 Å². The molecule has 0 fully saturated rings. The van der Waals surface area contributed by atoms with Crippen LogP contribution in [0.3, 0.4) is 0 Å². The summed E-state index contributed by atoms with van der Waals surface area (Å²) in [6.07, 6.45) is 0. The molecule has 116 valence electrons. The summed E-state index contributed by atoms with van der Waals surface area (Å²) >= 11 is 0. The summed E-state index contributed by atoms with van der Waals surface area (Å²) < 4.78 is 42.4. The molecular formula is C14H12FNO5S. The molecule has 0 aliphatic heterocycles. The van der Waals surface area contributed by atoms with Crippen LogP contribution in [0.5, 0.6) is 0 Å². The third-order valence-electron chi connectivity index (χ3n) is 2.96. The van der Waals surface area contributed by atoms with Crippen molar-refractivity contribution in [2.75, 3.05) is 0 Å². The van der Waals surface area contributed by atoms with Gasteiger partial charge in [-0.3, -0.25) is 14.3 Å². The number of aryl methyl sites for hydroxylation is 1. The zero-order chi connectivity index (χ0) is 16.3. The Morgan fingerprint density at radius 1 is 1.18 bits per heavy atom. The van der Waals surface area contributed by atoms with Crippen molar-refractivity contribution in [2.45, 2.75) is 18.4 Å². The van der Waals surface area contributed by atoms with Gasteiger partial charge in [-0.15, -0.1) is 0 Å². The smallest absolute Gasteiger partial charge is 0.261 e.